The Balaban J connectivity index is 1.86. The number of carbonyl (C=O) groups is 1. The van der Waals surface area contributed by atoms with E-state index < -0.39 is 0 Å². The third kappa shape index (κ3) is 1.97. The van der Waals surface area contributed by atoms with Crippen LogP contribution < -0.4 is 0 Å². The molecule has 0 aromatic heterocycles. The van der Waals surface area contributed by atoms with Crippen LogP contribution in [0.1, 0.15) is 39.5 Å². The molecule has 0 aromatic carbocycles. The lowest BCUT2D eigenvalue weighted by Gasteiger charge is -2.38. The number of hydrogen-bond acceptors (Lipinski definition) is 4. The molecule has 4 heteroatoms. The lowest BCUT2D eigenvalue weighted by molar-refractivity contribution is -0.246. The van der Waals surface area contributed by atoms with E-state index >= 15 is 0 Å². The molecular weight excluding hydrogens is 220 g/mol. The van der Waals surface area contributed by atoms with Crippen LogP contribution in [0, 0.1) is 11.8 Å². The summed E-state index contributed by atoms with van der Waals surface area (Å²) in [6.07, 6.45) is 3.52. The Morgan fingerprint density at radius 2 is 2.00 bits per heavy atom. The Labute approximate surface area is 102 Å². The Morgan fingerprint density at radius 1 is 1.18 bits per heavy atom. The molecule has 0 N–H and O–H groups in total. The van der Waals surface area contributed by atoms with Crippen LogP contribution in [0.4, 0.5) is 0 Å². The molecule has 0 spiro atoms. The summed E-state index contributed by atoms with van der Waals surface area (Å²) in [7, 11) is 0. The minimum atomic E-state index is -0.138. The van der Waals surface area contributed by atoms with Crippen LogP contribution in [-0.2, 0) is 19.0 Å². The number of rotatable bonds is 1. The minimum absolute atomic E-state index is 0.0133. The van der Waals surface area contributed by atoms with Crippen LogP contribution in [0.3, 0.4) is 0 Å². The molecule has 0 radical (unpaired) electrons. The van der Waals surface area contributed by atoms with Gasteiger partial charge < -0.3 is 14.2 Å². The molecule has 0 aliphatic carbocycles. The summed E-state index contributed by atoms with van der Waals surface area (Å²) < 4.78 is 17.4. The lowest BCUT2D eigenvalue weighted by Crippen LogP contribution is -2.44. The molecule has 3 saturated heterocycles. The first kappa shape index (κ1) is 11.5. The van der Waals surface area contributed by atoms with Gasteiger partial charge in [0.2, 0.25) is 0 Å². The average molecular weight is 240 g/mol. The van der Waals surface area contributed by atoms with E-state index in [2.05, 4.69) is 13.8 Å². The minimum Gasteiger partial charge on any atom is -0.459 e. The van der Waals surface area contributed by atoms with Crippen molar-refractivity contribution in [3.63, 3.8) is 0 Å². The summed E-state index contributed by atoms with van der Waals surface area (Å²) in [6, 6.07) is 0. The highest BCUT2D eigenvalue weighted by Crippen LogP contribution is 2.39. The van der Waals surface area contributed by atoms with E-state index in [0.29, 0.717) is 5.92 Å². The molecule has 3 aliphatic rings. The molecule has 0 aromatic rings. The Hall–Kier alpha value is -0.610. The second kappa shape index (κ2) is 4.25. The monoisotopic (exact) mass is 240 g/mol. The summed E-state index contributed by atoms with van der Waals surface area (Å²) >= 11 is 0. The van der Waals surface area contributed by atoms with Crippen molar-refractivity contribution in [2.24, 2.45) is 11.8 Å². The number of hydrogen-bond donors (Lipinski definition) is 0. The molecule has 0 unspecified atom stereocenters. The summed E-state index contributed by atoms with van der Waals surface area (Å²) in [5, 5.41) is 0. The summed E-state index contributed by atoms with van der Waals surface area (Å²) in [4.78, 5) is 11.9. The number of ether oxygens (including phenoxy) is 3. The largest absolute Gasteiger partial charge is 0.459 e. The molecule has 3 rings (SSSR count). The molecule has 0 amide bonds. The lowest BCUT2D eigenvalue weighted by atomic mass is 9.88. The fourth-order valence-corrected chi connectivity index (χ4v) is 3.20. The van der Waals surface area contributed by atoms with Gasteiger partial charge in [-0.1, -0.05) is 13.8 Å². The maximum Gasteiger partial charge on any atom is 0.312 e. The van der Waals surface area contributed by atoms with Crippen LogP contribution in [0.2, 0.25) is 0 Å². The second-order valence-electron chi connectivity index (χ2n) is 5.70. The quantitative estimate of drug-likeness (QED) is 0.656. The van der Waals surface area contributed by atoms with Gasteiger partial charge in [0.1, 0.15) is 6.10 Å². The predicted molar refractivity (Wildman–Crippen MR) is 60.2 cm³/mol. The van der Waals surface area contributed by atoms with E-state index in [-0.39, 0.29) is 36.5 Å². The SMILES string of the molecule is CC(C)[C@@H]1O[C@@H]2CCC[C@H](O2)[C@H]2C[C@@H]1OC2=O. The van der Waals surface area contributed by atoms with Crippen molar-refractivity contribution < 1.29 is 19.0 Å². The molecule has 3 heterocycles. The van der Waals surface area contributed by atoms with Gasteiger partial charge in [0.25, 0.3) is 0 Å². The highest BCUT2D eigenvalue weighted by Gasteiger charge is 2.48. The molecule has 4 nitrogen and oxygen atoms in total. The van der Waals surface area contributed by atoms with Crippen molar-refractivity contribution in [3.05, 3.63) is 0 Å². The van der Waals surface area contributed by atoms with Crippen molar-refractivity contribution in [2.45, 2.75) is 64.1 Å². The van der Waals surface area contributed by atoms with Crippen molar-refractivity contribution in [1.82, 2.24) is 0 Å². The van der Waals surface area contributed by atoms with Gasteiger partial charge in [-0.05, 0) is 25.2 Å². The first-order valence-electron chi connectivity index (χ1n) is 6.66. The van der Waals surface area contributed by atoms with Gasteiger partial charge in [-0.2, -0.15) is 0 Å². The average Bonchev–Trinajstić information content (AvgIpc) is 2.67. The fourth-order valence-electron chi connectivity index (χ4n) is 3.20. The van der Waals surface area contributed by atoms with Crippen LogP contribution in [-0.4, -0.2) is 30.6 Å². The topological polar surface area (TPSA) is 44.8 Å². The van der Waals surface area contributed by atoms with Crippen molar-refractivity contribution in [1.29, 1.82) is 0 Å². The Morgan fingerprint density at radius 3 is 2.76 bits per heavy atom. The Bertz CT molecular complexity index is 315. The normalized spacial score (nSPS) is 45.4. The van der Waals surface area contributed by atoms with E-state index in [1.165, 1.54) is 0 Å². The second-order valence-corrected chi connectivity index (χ2v) is 5.70. The van der Waals surface area contributed by atoms with Gasteiger partial charge in [0.15, 0.2) is 6.29 Å². The van der Waals surface area contributed by atoms with Gasteiger partial charge in [0.05, 0.1) is 18.1 Å². The highest BCUT2D eigenvalue weighted by molar-refractivity contribution is 5.75. The zero-order chi connectivity index (χ0) is 12.0. The number of carbonyl (C=O) groups excluding carboxylic acids is 1. The predicted octanol–water partition coefficient (Wildman–Crippen LogP) is 1.87. The standard InChI is InChI=1S/C13H20O4/c1-7(2)12-10-6-8(13(14)16-10)9-4-3-5-11(15-9)17-12/h7-12H,3-6H2,1-2H3/t8-,9+,10+,11-,12+/m1/s1. The maximum absolute atomic E-state index is 11.9. The molecule has 5 atom stereocenters. The molecule has 4 bridgehead atoms. The van der Waals surface area contributed by atoms with Gasteiger partial charge >= 0.3 is 5.97 Å². The molecule has 0 saturated carbocycles. The van der Waals surface area contributed by atoms with Crippen LogP contribution >= 0.6 is 0 Å². The molecule has 96 valence electrons. The molecule has 3 aliphatic heterocycles. The van der Waals surface area contributed by atoms with Crippen LogP contribution in [0.15, 0.2) is 0 Å². The molecular formula is C13H20O4. The Kier molecular flexibility index (Phi) is 2.87. The summed E-state index contributed by atoms with van der Waals surface area (Å²) in [6.45, 7) is 4.21. The first-order chi connectivity index (χ1) is 8.15. The molecule has 17 heavy (non-hydrogen) atoms. The van der Waals surface area contributed by atoms with Crippen molar-refractivity contribution in [2.75, 3.05) is 0 Å². The summed E-state index contributed by atoms with van der Waals surface area (Å²) in [5.41, 5.74) is 0. The third-order valence-electron chi connectivity index (χ3n) is 4.09. The van der Waals surface area contributed by atoms with E-state index in [4.69, 9.17) is 14.2 Å². The van der Waals surface area contributed by atoms with E-state index in [0.717, 1.165) is 25.7 Å². The third-order valence-corrected chi connectivity index (χ3v) is 4.09. The van der Waals surface area contributed by atoms with Crippen LogP contribution in [0.5, 0.6) is 0 Å². The van der Waals surface area contributed by atoms with E-state index in [1.54, 1.807) is 0 Å². The highest BCUT2D eigenvalue weighted by atomic mass is 16.7. The molecule has 3 fully saturated rings. The zero-order valence-electron chi connectivity index (χ0n) is 10.4. The maximum atomic E-state index is 11.9. The van der Waals surface area contributed by atoms with Crippen LogP contribution in [0.25, 0.3) is 0 Å². The summed E-state index contributed by atoms with van der Waals surface area (Å²) in [5.74, 6) is 0.193. The van der Waals surface area contributed by atoms with E-state index in [1.807, 2.05) is 0 Å². The first-order valence-corrected chi connectivity index (χ1v) is 6.66. The van der Waals surface area contributed by atoms with Gasteiger partial charge in [0, 0.05) is 6.42 Å². The van der Waals surface area contributed by atoms with Crippen molar-refractivity contribution >= 4 is 5.97 Å². The smallest absolute Gasteiger partial charge is 0.312 e. The number of fused-ring (bicyclic) bond motifs is 5. The fraction of sp³-hybridized carbons (Fsp3) is 0.923. The van der Waals surface area contributed by atoms with Crippen molar-refractivity contribution in [3.8, 4) is 0 Å². The van der Waals surface area contributed by atoms with Gasteiger partial charge in [-0.25, -0.2) is 0 Å². The zero-order valence-corrected chi connectivity index (χ0v) is 10.4. The van der Waals surface area contributed by atoms with Gasteiger partial charge in [-0.15, -0.1) is 0 Å². The number of esters is 1. The van der Waals surface area contributed by atoms with Gasteiger partial charge in [-0.3, -0.25) is 4.79 Å². The van der Waals surface area contributed by atoms with E-state index in [9.17, 15) is 4.79 Å².